The number of anilines is 1. The van der Waals surface area contributed by atoms with Crippen LogP contribution in [0.3, 0.4) is 0 Å². The number of amides is 2. The maximum atomic E-state index is 15.2. The van der Waals surface area contributed by atoms with E-state index >= 15 is 4.39 Å². The summed E-state index contributed by atoms with van der Waals surface area (Å²) in [7, 11) is 0. The number of piperazine rings is 2. The fourth-order valence-electron chi connectivity index (χ4n) is 6.72. The summed E-state index contributed by atoms with van der Waals surface area (Å²) in [5.41, 5.74) is 0.146. The molecular formula is C31H38ClFN6O3. The van der Waals surface area contributed by atoms with Crippen LogP contribution in [0.1, 0.15) is 34.7 Å². The van der Waals surface area contributed by atoms with E-state index in [0.717, 1.165) is 6.42 Å². The molecule has 42 heavy (non-hydrogen) atoms. The molecule has 1 unspecified atom stereocenters. The number of ether oxygens (including phenoxy) is 1. The average Bonchev–Trinajstić information content (AvgIpc) is 3.25. The first-order chi connectivity index (χ1) is 21.3. The standard InChI is InChI=1S/C31H38ClFN6O3/c1-5-24(40)37-14-15-38-21(17-37)19-42-28-25(30(38)41)29(34-27(26(28)32)22-8-6-7-9-23(22)33)39-18-20(16-31(39,2)3)36-12-10-35(4)11-13-36/h5-9,20-21H,1,10-19H2,2-4H3/t20?,21-/m1/s1/i4D3. The van der Waals surface area contributed by atoms with E-state index in [4.69, 9.17) is 25.4 Å². The summed E-state index contributed by atoms with van der Waals surface area (Å²) in [5.74, 6) is -0.480. The lowest BCUT2D eigenvalue weighted by Crippen LogP contribution is -2.57. The summed E-state index contributed by atoms with van der Waals surface area (Å²) in [4.78, 5) is 41.1. The first kappa shape index (κ1) is 25.3. The predicted octanol–water partition coefficient (Wildman–Crippen LogP) is 3.38. The summed E-state index contributed by atoms with van der Waals surface area (Å²) in [6.07, 6.45) is 2.01. The third kappa shape index (κ3) is 5.03. The van der Waals surface area contributed by atoms with E-state index in [1.807, 2.05) is 0 Å². The number of nitrogens with zero attached hydrogens (tertiary/aromatic N) is 6. The van der Waals surface area contributed by atoms with Crippen LogP contribution in [0, 0.1) is 5.82 Å². The zero-order valence-electron chi connectivity index (χ0n) is 27.0. The molecular weight excluding hydrogens is 559 g/mol. The van der Waals surface area contributed by atoms with Crippen molar-refractivity contribution in [2.24, 2.45) is 0 Å². The SMILES string of the molecule is [2H]C([2H])([2H])N1CCN(C2CN(c3nc(-c4ccccc4F)c(Cl)c4c3C(=O)N3CCN(C(=O)C=C)C[C@@H]3CO4)C(C)(C)C2)CC1. The zero-order valence-corrected chi connectivity index (χ0v) is 24.7. The normalized spacial score (nSPS) is 26.0. The van der Waals surface area contributed by atoms with Crippen LogP contribution >= 0.6 is 11.6 Å². The van der Waals surface area contributed by atoms with Crippen LogP contribution in [-0.2, 0) is 4.79 Å². The Morgan fingerprint density at radius 2 is 1.93 bits per heavy atom. The van der Waals surface area contributed by atoms with Crippen LogP contribution in [0.5, 0.6) is 5.75 Å². The Hall–Kier alpha value is -3.21. The van der Waals surface area contributed by atoms with Crippen LogP contribution < -0.4 is 9.64 Å². The van der Waals surface area contributed by atoms with Crippen molar-refractivity contribution < 1.29 is 22.8 Å². The minimum atomic E-state index is -2.12. The molecule has 0 spiro atoms. The Morgan fingerprint density at radius 1 is 1.17 bits per heavy atom. The number of fused-ring (bicyclic) bond motifs is 2. The lowest BCUT2D eigenvalue weighted by Gasteiger charge is -2.40. The van der Waals surface area contributed by atoms with Gasteiger partial charge in [0.05, 0.1) is 11.7 Å². The monoisotopic (exact) mass is 599 g/mol. The summed E-state index contributed by atoms with van der Waals surface area (Å²) < 4.78 is 44.9. The highest BCUT2D eigenvalue weighted by Gasteiger charge is 2.46. The van der Waals surface area contributed by atoms with Gasteiger partial charge in [-0.05, 0) is 45.5 Å². The van der Waals surface area contributed by atoms with E-state index in [-0.39, 0.29) is 58.6 Å². The first-order valence-corrected chi connectivity index (χ1v) is 14.8. The van der Waals surface area contributed by atoms with Gasteiger partial charge in [0.25, 0.3) is 5.91 Å². The lowest BCUT2D eigenvalue weighted by atomic mass is 9.98. The highest BCUT2D eigenvalue weighted by atomic mass is 35.5. The minimum Gasteiger partial charge on any atom is -0.489 e. The molecule has 3 fully saturated rings. The van der Waals surface area contributed by atoms with Crippen LogP contribution in [-0.4, -0.2) is 120 Å². The van der Waals surface area contributed by atoms with E-state index in [9.17, 15) is 9.59 Å². The number of benzene rings is 1. The Bertz CT molecular complexity index is 1520. The molecule has 224 valence electrons. The molecule has 0 bridgehead atoms. The number of carbonyl (C=O) groups is 2. The molecule has 2 aromatic rings. The fraction of sp³-hybridized carbons (Fsp3) is 0.516. The van der Waals surface area contributed by atoms with Crippen molar-refractivity contribution in [3.8, 4) is 17.0 Å². The molecule has 5 heterocycles. The van der Waals surface area contributed by atoms with Crippen molar-refractivity contribution in [3.05, 3.63) is 53.3 Å². The fourth-order valence-corrected chi connectivity index (χ4v) is 7.01. The van der Waals surface area contributed by atoms with Crippen LogP contribution in [0.25, 0.3) is 11.3 Å². The Labute approximate surface area is 255 Å². The zero-order chi connectivity index (χ0) is 32.3. The maximum absolute atomic E-state index is 15.2. The third-order valence-corrected chi connectivity index (χ3v) is 9.36. The van der Waals surface area contributed by atoms with Gasteiger partial charge in [-0.1, -0.05) is 30.3 Å². The molecule has 6 rings (SSSR count). The summed E-state index contributed by atoms with van der Waals surface area (Å²) >= 11 is 6.94. The molecule has 0 N–H and O–H groups in total. The second-order valence-electron chi connectivity index (χ2n) is 12.0. The van der Waals surface area contributed by atoms with E-state index in [1.165, 1.54) is 17.0 Å². The maximum Gasteiger partial charge on any atom is 0.261 e. The average molecular weight is 600 g/mol. The van der Waals surface area contributed by atoms with Gasteiger partial charge in [-0.25, -0.2) is 9.37 Å². The molecule has 4 aliphatic heterocycles. The Balaban J connectivity index is 1.40. The van der Waals surface area contributed by atoms with Gasteiger partial charge in [0.15, 0.2) is 5.75 Å². The number of hydrogen-bond donors (Lipinski definition) is 0. The Morgan fingerprint density at radius 3 is 2.64 bits per heavy atom. The third-order valence-electron chi connectivity index (χ3n) is 9.01. The van der Waals surface area contributed by atoms with Crippen molar-refractivity contribution in [3.63, 3.8) is 0 Å². The number of likely N-dealkylation sites (N-methyl/N-ethyl adjacent to an activating group) is 1. The Kier molecular flexibility index (Phi) is 6.71. The summed E-state index contributed by atoms with van der Waals surface area (Å²) in [6.45, 7) is 9.29. The van der Waals surface area contributed by atoms with Crippen molar-refractivity contribution >= 4 is 29.2 Å². The summed E-state index contributed by atoms with van der Waals surface area (Å²) in [6, 6.07) is 5.89. The van der Waals surface area contributed by atoms with Crippen LogP contribution in [0.2, 0.25) is 5.02 Å². The second kappa shape index (κ2) is 11.1. The number of aromatic nitrogens is 1. The van der Waals surface area contributed by atoms with Gasteiger partial charge in [-0.3, -0.25) is 14.5 Å². The first-order valence-electron chi connectivity index (χ1n) is 15.9. The van der Waals surface area contributed by atoms with E-state index in [2.05, 4.69) is 30.2 Å². The van der Waals surface area contributed by atoms with Crippen molar-refractivity contribution in [1.29, 1.82) is 0 Å². The number of hydrogen-bond acceptors (Lipinski definition) is 7. The van der Waals surface area contributed by atoms with Crippen LogP contribution in [0.15, 0.2) is 36.9 Å². The quantitative estimate of drug-likeness (QED) is 0.499. The van der Waals surface area contributed by atoms with Crippen molar-refractivity contribution in [2.45, 2.75) is 37.9 Å². The topological polar surface area (TPSA) is 72.5 Å². The van der Waals surface area contributed by atoms with Gasteiger partial charge in [0.2, 0.25) is 5.91 Å². The van der Waals surface area contributed by atoms with Crippen molar-refractivity contribution in [2.75, 3.05) is 70.8 Å². The number of halogens is 2. The molecule has 3 saturated heterocycles. The molecule has 0 radical (unpaired) electrons. The number of pyridine rings is 1. The van der Waals surface area contributed by atoms with E-state index in [0.29, 0.717) is 51.6 Å². The molecule has 2 amide bonds. The molecule has 0 aliphatic carbocycles. The van der Waals surface area contributed by atoms with Gasteiger partial charge in [-0.15, -0.1) is 0 Å². The highest BCUT2D eigenvalue weighted by molar-refractivity contribution is 6.35. The van der Waals surface area contributed by atoms with Gasteiger partial charge in [0, 0.05) is 73.6 Å². The number of rotatable bonds is 4. The molecule has 4 aliphatic rings. The van der Waals surface area contributed by atoms with E-state index < -0.39 is 24.4 Å². The molecule has 1 aromatic carbocycles. The summed E-state index contributed by atoms with van der Waals surface area (Å²) in [5, 5.41) is 0.0559. The largest absolute Gasteiger partial charge is 0.489 e. The van der Waals surface area contributed by atoms with Crippen LogP contribution in [0.4, 0.5) is 10.2 Å². The molecule has 1 aromatic heterocycles. The van der Waals surface area contributed by atoms with Gasteiger partial charge >= 0.3 is 0 Å². The van der Waals surface area contributed by atoms with Crippen molar-refractivity contribution in [1.82, 2.24) is 24.6 Å². The molecule has 9 nitrogen and oxygen atoms in total. The highest BCUT2D eigenvalue weighted by Crippen LogP contribution is 2.47. The van der Waals surface area contributed by atoms with Gasteiger partial charge in [0.1, 0.15) is 28.8 Å². The second-order valence-corrected chi connectivity index (χ2v) is 12.4. The minimum absolute atomic E-state index is 0.0559. The van der Waals surface area contributed by atoms with Gasteiger partial charge < -0.3 is 24.3 Å². The molecule has 2 atom stereocenters. The molecule has 0 saturated carbocycles. The van der Waals surface area contributed by atoms with E-state index in [1.54, 1.807) is 28.0 Å². The molecule has 11 heteroatoms. The smallest absolute Gasteiger partial charge is 0.261 e. The van der Waals surface area contributed by atoms with Gasteiger partial charge in [-0.2, -0.15) is 0 Å². The predicted molar refractivity (Wildman–Crippen MR) is 161 cm³/mol. The lowest BCUT2D eigenvalue weighted by molar-refractivity contribution is -0.128. The number of carbonyl (C=O) groups excluding carboxylic acids is 2.